The Labute approximate surface area is 158 Å². The van der Waals surface area contributed by atoms with Crippen molar-refractivity contribution < 1.29 is 14.0 Å². The van der Waals surface area contributed by atoms with Crippen molar-refractivity contribution >= 4 is 11.8 Å². The molecule has 1 N–H and O–H groups in total. The summed E-state index contributed by atoms with van der Waals surface area (Å²) in [4.78, 5) is 29.8. The van der Waals surface area contributed by atoms with Gasteiger partial charge in [0.1, 0.15) is 5.82 Å². The molecule has 1 aromatic heterocycles. The Morgan fingerprint density at radius 1 is 1.22 bits per heavy atom. The number of carbonyl (C=O) groups is 2. The highest BCUT2D eigenvalue weighted by molar-refractivity contribution is 5.83. The van der Waals surface area contributed by atoms with Crippen LogP contribution in [0.4, 0.5) is 4.39 Å². The second kappa shape index (κ2) is 8.29. The van der Waals surface area contributed by atoms with Crippen LogP contribution in [0.1, 0.15) is 37.1 Å². The van der Waals surface area contributed by atoms with Crippen LogP contribution in [0.2, 0.25) is 0 Å². The molecule has 2 amide bonds. The van der Waals surface area contributed by atoms with Gasteiger partial charge in [0.2, 0.25) is 11.8 Å². The molecule has 2 heterocycles. The summed E-state index contributed by atoms with van der Waals surface area (Å²) in [6.07, 6.45) is 1.86. The maximum Gasteiger partial charge on any atom is 0.241 e. The zero-order valence-electron chi connectivity index (χ0n) is 15.7. The smallest absolute Gasteiger partial charge is 0.241 e. The Balaban J connectivity index is 1.78. The first kappa shape index (κ1) is 19.0. The lowest BCUT2D eigenvalue weighted by molar-refractivity contribution is -0.133. The van der Waals surface area contributed by atoms with E-state index in [9.17, 15) is 14.0 Å². The first-order chi connectivity index (χ1) is 12.9. The zero-order chi connectivity index (χ0) is 19.4. The number of carbonyl (C=O) groups excluding carboxylic acids is 2. The first-order valence-electron chi connectivity index (χ1n) is 9.19. The third-order valence-electron chi connectivity index (χ3n) is 4.83. The van der Waals surface area contributed by atoms with Gasteiger partial charge >= 0.3 is 0 Å². The van der Waals surface area contributed by atoms with Gasteiger partial charge < -0.3 is 10.2 Å². The molecule has 1 fully saturated rings. The SMILES string of the molecule is CC(=O)NCC(=O)N1CCC[C@H](c2cc(-c3ccc(F)cc3)cc(C)n2)C1. The fourth-order valence-corrected chi connectivity index (χ4v) is 3.47. The molecule has 1 aliphatic rings. The number of benzene rings is 1. The third kappa shape index (κ3) is 4.90. The van der Waals surface area contributed by atoms with Crippen LogP contribution in [-0.4, -0.2) is 41.3 Å². The molecule has 2 aromatic rings. The third-order valence-corrected chi connectivity index (χ3v) is 4.83. The first-order valence-corrected chi connectivity index (χ1v) is 9.19. The summed E-state index contributed by atoms with van der Waals surface area (Å²) in [5.74, 6) is -0.382. The molecule has 27 heavy (non-hydrogen) atoms. The van der Waals surface area contributed by atoms with E-state index in [0.717, 1.165) is 35.4 Å². The van der Waals surface area contributed by atoms with Gasteiger partial charge in [-0.3, -0.25) is 14.6 Å². The number of piperidine rings is 1. The zero-order valence-corrected chi connectivity index (χ0v) is 15.7. The van der Waals surface area contributed by atoms with E-state index in [1.807, 2.05) is 19.1 Å². The second-order valence-electron chi connectivity index (χ2n) is 7.02. The summed E-state index contributed by atoms with van der Waals surface area (Å²) >= 11 is 0. The van der Waals surface area contributed by atoms with Crippen LogP contribution in [0.25, 0.3) is 11.1 Å². The molecule has 0 bridgehead atoms. The van der Waals surface area contributed by atoms with E-state index >= 15 is 0 Å². The quantitative estimate of drug-likeness (QED) is 0.901. The molecule has 142 valence electrons. The van der Waals surface area contributed by atoms with Crippen molar-refractivity contribution in [3.8, 4) is 11.1 Å². The molecular weight excluding hydrogens is 345 g/mol. The monoisotopic (exact) mass is 369 g/mol. The van der Waals surface area contributed by atoms with Crippen LogP contribution < -0.4 is 5.32 Å². The molecule has 0 radical (unpaired) electrons. The van der Waals surface area contributed by atoms with Crippen LogP contribution >= 0.6 is 0 Å². The average Bonchev–Trinajstić information content (AvgIpc) is 2.66. The van der Waals surface area contributed by atoms with Crippen molar-refractivity contribution in [2.24, 2.45) is 0 Å². The molecule has 0 spiro atoms. The molecule has 0 unspecified atom stereocenters. The van der Waals surface area contributed by atoms with Gasteiger partial charge in [0.05, 0.1) is 6.54 Å². The van der Waals surface area contributed by atoms with Crippen LogP contribution in [0, 0.1) is 12.7 Å². The molecule has 1 aliphatic heterocycles. The lowest BCUT2D eigenvalue weighted by atomic mass is 9.92. The van der Waals surface area contributed by atoms with E-state index in [0.29, 0.717) is 13.1 Å². The fraction of sp³-hybridized carbons (Fsp3) is 0.381. The predicted octanol–water partition coefficient (Wildman–Crippen LogP) is 3.04. The number of nitrogens with one attached hydrogen (secondary N) is 1. The molecule has 0 aliphatic carbocycles. The number of hydrogen-bond acceptors (Lipinski definition) is 3. The lowest BCUT2D eigenvalue weighted by Crippen LogP contribution is -2.44. The summed E-state index contributed by atoms with van der Waals surface area (Å²) < 4.78 is 13.2. The highest BCUT2D eigenvalue weighted by Crippen LogP contribution is 2.29. The minimum Gasteiger partial charge on any atom is -0.347 e. The van der Waals surface area contributed by atoms with Crippen molar-refractivity contribution in [2.75, 3.05) is 19.6 Å². The van der Waals surface area contributed by atoms with E-state index in [2.05, 4.69) is 10.3 Å². The molecule has 6 heteroatoms. The van der Waals surface area contributed by atoms with Gasteiger partial charge in [0, 0.05) is 37.3 Å². The number of likely N-dealkylation sites (tertiary alicyclic amines) is 1. The lowest BCUT2D eigenvalue weighted by Gasteiger charge is -2.33. The Morgan fingerprint density at radius 3 is 2.67 bits per heavy atom. The van der Waals surface area contributed by atoms with Crippen molar-refractivity contribution in [3.05, 3.63) is 53.6 Å². The Bertz CT molecular complexity index is 836. The largest absolute Gasteiger partial charge is 0.347 e. The minimum absolute atomic E-state index is 0.0319. The van der Waals surface area contributed by atoms with E-state index in [4.69, 9.17) is 0 Å². The maximum absolute atomic E-state index is 13.2. The molecule has 5 nitrogen and oxygen atoms in total. The minimum atomic E-state index is -0.259. The van der Waals surface area contributed by atoms with E-state index < -0.39 is 0 Å². The number of halogens is 1. The average molecular weight is 369 g/mol. The summed E-state index contributed by atoms with van der Waals surface area (Å²) in [5.41, 5.74) is 3.79. The van der Waals surface area contributed by atoms with Crippen molar-refractivity contribution in [1.29, 1.82) is 0 Å². The van der Waals surface area contributed by atoms with Gasteiger partial charge in [0.25, 0.3) is 0 Å². The van der Waals surface area contributed by atoms with Crippen LogP contribution in [0.15, 0.2) is 36.4 Å². The standard InChI is InChI=1S/C21H24FN3O2/c1-14-10-18(16-5-7-19(22)8-6-16)11-20(24-14)17-4-3-9-25(13-17)21(27)12-23-15(2)26/h5-8,10-11,17H,3-4,9,12-13H2,1-2H3,(H,23,26)/t17-/m0/s1. The van der Waals surface area contributed by atoms with E-state index in [1.165, 1.54) is 19.1 Å². The molecule has 1 atom stereocenters. The van der Waals surface area contributed by atoms with Gasteiger partial charge in [-0.2, -0.15) is 0 Å². The second-order valence-corrected chi connectivity index (χ2v) is 7.02. The number of pyridine rings is 1. The number of aryl methyl sites for hydroxylation is 1. The summed E-state index contributed by atoms with van der Waals surface area (Å²) in [5, 5.41) is 2.57. The van der Waals surface area contributed by atoms with Gasteiger partial charge in [-0.1, -0.05) is 12.1 Å². The van der Waals surface area contributed by atoms with Gasteiger partial charge in [-0.05, 0) is 55.2 Å². The predicted molar refractivity (Wildman–Crippen MR) is 102 cm³/mol. The maximum atomic E-state index is 13.2. The van der Waals surface area contributed by atoms with Crippen LogP contribution in [0.3, 0.4) is 0 Å². The fourth-order valence-electron chi connectivity index (χ4n) is 3.47. The Kier molecular flexibility index (Phi) is 5.84. The Morgan fingerprint density at radius 2 is 1.96 bits per heavy atom. The number of rotatable bonds is 4. The van der Waals surface area contributed by atoms with Gasteiger partial charge in [-0.15, -0.1) is 0 Å². The summed E-state index contributed by atoms with van der Waals surface area (Å²) in [6.45, 7) is 4.67. The molecule has 0 saturated carbocycles. The van der Waals surface area contributed by atoms with Crippen molar-refractivity contribution in [1.82, 2.24) is 15.2 Å². The highest BCUT2D eigenvalue weighted by atomic mass is 19.1. The molecule has 3 rings (SSSR count). The van der Waals surface area contributed by atoms with Gasteiger partial charge in [-0.25, -0.2) is 4.39 Å². The van der Waals surface area contributed by atoms with E-state index in [1.54, 1.807) is 17.0 Å². The van der Waals surface area contributed by atoms with Crippen LogP contribution in [0.5, 0.6) is 0 Å². The summed E-state index contributed by atoms with van der Waals surface area (Å²) in [7, 11) is 0. The van der Waals surface area contributed by atoms with Crippen LogP contribution in [-0.2, 0) is 9.59 Å². The normalized spacial score (nSPS) is 16.9. The van der Waals surface area contributed by atoms with Crippen molar-refractivity contribution in [2.45, 2.75) is 32.6 Å². The topological polar surface area (TPSA) is 62.3 Å². The molecular formula is C21H24FN3O2. The number of hydrogen-bond donors (Lipinski definition) is 1. The molecule has 1 saturated heterocycles. The van der Waals surface area contributed by atoms with E-state index in [-0.39, 0.29) is 30.1 Å². The number of amides is 2. The summed E-state index contributed by atoms with van der Waals surface area (Å²) in [6, 6.07) is 10.4. The highest BCUT2D eigenvalue weighted by Gasteiger charge is 2.26. The van der Waals surface area contributed by atoms with Gasteiger partial charge in [0.15, 0.2) is 0 Å². The van der Waals surface area contributed by atoms with Crippen molar-refractivity contribution in [3.63, 3.8) is 0 Å². The molecule has 1 aromatic carbocycles. The number of aromatic nitrogens is 1. The Hall–Kier alpha value is -2.76. The number of nitrogens with zero attached hydrogens (tertiary/aromatic N) is 2.